The summed E-state index contributed by atoms with van der Waals surface area (Å²) in [5.74, 6) is -0.0131. The first-order chi connectivity index (χ1) is 24.5. The predicted octanol–water partition coefficient (Wildman–Crippen LogP) is 8.81. The van der Waals surface area contributed by atoms with Gasteiger partial charge >= 0.3 is 5.97 Å². The van der Waals surface area contributed by atoms with E-state index < -0.39 is 23.0 Å². The molecule has 3 saturated carbocycles. The van der Waals surface area contributed by atoms with Gasteiger partial charge in [-0.2, -0.15) is 0 Å². The Labute approximate surface area is 310 Å². The van der Waals surface area contributed by atoms with Gasteiger partial charge in [-0.15, -0.1) is 17.9 Å². The fraction of sp³-hybridized carbons (Fsp3) is 0.442. The van der Waals surface area contributed by atoms with E-state index in [9.17, 15) is 14.7 Å². The number of esters is 1. The number of hydrogen-bond donors (Lipinski definition) is 1. The number of aliphatic hydroxyl groups is 1. The van der Waals surface area contributed by atoms with Crippen molar-refractivity contribution in [3.05, 3.63) is 103 Å². The molecule has 3 aliphatic carbocycles. The average molecular weight is 722 g/mol. The molecular weight excluding hydrogens is 673 g/mol. The molecule has 0 spiro atoms. The van der Waals surface area contributed by atoms with Gasteiger partial charge in [-0.25, -0.2) is 9.55 Å². The van der Waals surface area contributed by atoms with Crippen LogP contribution in [0.4, 0.5) is 0 Å². The highest BCUT2D eigenvalue weighted by atomic mass is 32.2. The number of aromatic nitrogens is 2. The van der Waals surface area contributed by atoms with Crippen molar-refractivity contribution in [2.45, 2.75) is 82.9 Å². The minimum Gasteiger partial charge on any atom is -0.461 e. The summed E-state index contributed by atoms with van der Waals surface area (Å²) in [6.45, 7) is 13.4. The number of carbonyl (C=O) groups excluding carboxylic acids is 2. The molecule has 4 aromatic rings. The second-order valence-electron chi connectivity index (χ2n) is 15.7. The third-order valence-electron chi connectivity index (χ3n) is 13.0. The van der Waals surface area contributed by atoms with Crippen molar-refractivity contribution < 1.29 is 24.0 Å². The van der Waals surface area contributed by atoms with E-state index in [1.54, 1.807) is 0 Å². The molecule has 266 valence electrons. The largest absolute Gasteiger partial charge is 0.461 e. The number of ketones is 1. The highest BCUT2D eigenvalue weighted by Gasteiger charge is 2.68. The summed E-state index contributed by atoms with van der Waals surface area (Å²) in [7, 11) is 0. The van der Waals surface area contributed by atoms with E-state index in [1.165, 1.54) is 39.8 Å². The van der Waals surface area contributed by atoms with Crippen LogP contribution >= 0.6 is 23.1 Å². The van der Waals surface area contributed by atoms with Crippen molar-refractivity contribution >= 4 is 34.9 Å². The zero-order valence-corrected chi connectivity index (χ0v) is 31.7. The summed E-state index contributed by atoms with van der Waals surface area (Å²) < 4.78 is 9.39. The van der Waals surface area contributed by atoms with E-state index in [2.05, 4.69) is 105 Å². The minimum atomic E-state index is -0.676. The highest BCUT2D eigenvalue weighted by molar-refractivity contribution is 8.01. The third kappa shape index (κ3) is 6.53. The van der Waals surface area contributed by atoms with Crippen LogP contribution < -0.4 is 4.57 Å². The number of pyridine rings is 1. The number of thiazole rings is 1. The van der Waals surface area contributed by atoms with Crippen molar-refractivity contribution in [3.63, 3.8) is 0 Å². The maximum Gasteiger partial charge on any atom is 0.316 e. The Morgan fingerprint density at radius 1 is 1.04 bits per heavy atom. The lowest BCUT2D eigenvalue weighted by atomic mass is 9.44. The molecule has 2 aromatic carbocycles. The number of aliphatic hydroxyl groups excluding tert-OH is 1. The summed E-state index contributed by atoms with van der Waals surface area (Å²) in [5, 5.41) is 13.8. The van der Waals surface area contributed by atoms with Crippen LogP contribution in [0.15, 0.2) is 101 Å². The van der Waals surface area contributed by atoms with Gasteiger partial charge in [-0.1, -0.05) is 100 Å². The van der Waals surface area contributed by atoms with Crippen LogP contribution in [-0.2, 0) is 20.9 Å². The normalized spacial score (nSPS) is 31.7. The van der Waals surface area contributed by atoms with Crippen molar-refractivity contribution in [3.8, 4) is 22.4 Å². The molecule has 0 amide bonds. The number of ether oxygens (including phenoxy) is 1. The van der Waals surface area contributed by atoms with Gasteiger partial charge in [0.15, 0.2) is 23.3 Å². The number of thioether (sulfide) groups is 1. The van der Waals surface area contributed by atoms with Gasteiger partial charge in [0.05, 0.1) is 17.6 Å². The summed E-state index contributed by atoms with van der Waals surface area (Å²) >= 11 is 2.91. The van der Waals surface area contributed by atoms with Crippen molar-refractivity contribution in [2.75, 3.05) is 5.75 Å². The maximum absolute atomic E-state index is 13.7. The molecule has 3 aliphatic rings. The first-order valence-electron chi connectivity index (χ1n) is 18.2. The van der Waals surface area contributed by atoms with Crippen LogP contribution in [-0.4, -0.2) is 39.8 Å². The molecule has 8 atom stereocenters. The number of hydrogen-bond acceptors (Lipinski definition) is 7. The van der Waals surface area contributed by atoms with E-state index in [0.29, 0.717) is 12.8 Å². The Hall–Kier alpha value is -3.59. The maximum atomic E-state index is 13.7. The quantitative estimate of drug-likeness (QED) is 0.0806. The third-order valence-corrected chi connectivity index (χ3v) is 15.0. The summed E-state index contributed by atoms with van der Waals surface area (Å²) in [6, 6.07) is 23.2. The summed E-state index contributed by atoms with van der Waals surface area (Å²) in [6.07, 6.45) is 8.42. The van der Waals surface area contributed by atoms with Crippen molar-refractivity contribution in [2.24, 2.45) is 34.0 Å². The second kappa shape index (κ2) is 14.1. The minimum absolute atomic E-state index is 0.0533. The van der Waals surface area contributed by atoms with Crippen LogP contribution in [0.5, 0.6) is 0 Å². The van der Waals surface area contributed by atoms with Crippen molar-refractivity contribution in [1.82, 2.24) is 4.98 Å². The molecule has 2 bridgehead atoms. The number of benzene rings is 2. The fourth-order valence-electron chi connectivity index (χ4n) is 9.65. The van der Waals surface area contributed by atoms with Gasteiger partial charge in [0.25, 0.3) is 0 Å². The molecule has 7 rings (SSSR count). The van der Waals surface area contributed by atoms with Crippen LogP contribution in [0.25, 0.3) is 22.4 Å². The SMILES string of the molecule is C=C[C@]1(C)C[C@@H](OC(=O)CSc2nc(-c3cc[n+](Cc4ccc(-c5ccccc5)cc4)cc3)cs2)[C@]2(C)[C@H](C)CC[C@]3(CCC(=O)[C@H]32)[C@@H](C)[C@@H]1O. The van der Waals surface area contributed by atoms with E-state index >= 15 is 0 Å². The molecule has 0 radical (unpaired) electrons. The standard InChI is InChI=1S/C43H49N2O4S2/c1-6-41(4)24-36(42(5)28(2)16-20-43(29(3)39(41)48)21-17-35(46)38(42)43)49-37(47)27-51-40-44-34(26-50-40)33-18-22-45(23-19-33)25-30-12-14-32(15-13-30)31-10-8-7-9-11-31/h6-15,18-19,22-23,26,28-29,36,38-39,48H,1,16-17,20-21,24-25,27H2,2-5H3/q+1/t28-,29+,36-,38+,39+,41-,42+,43+/m1/s1. The Morgan fingerprint density at radius 3 is 2.45 bits per heavy atom. The summed E-state index contributed by atoms with van der Waals surface area (Å²) in [4.78, 5) is 32.1. The van der Waals surface area contributed by atoms with Gasteiger partial charge in [0.1, 0.15) is 11.9 Å². The topological polar surface area (TPSA) is 80.4 Å². The van der Waals surface area contributed by atoms with E-state index in [4.69, 9.17) is 9.72 Å². The zero-order chi connectivity index (χ0) is 36.0. The van der Waals surface area contributed by atoms with Gasteiger partial charge in [0, 0.05) is 51.8 Å². The highest BCUT2D eigenvalue weighted by Crippen LogP contribution is 2.68. The molecule has 0 aliphatic heterocycles. The molecule has 0 unspecified atom stereocenters. The molecule has 0 saturated heterocycles. The Balaban J connectivity index is 1.01. The van der Waals surface area contributed by atoms with Crippen molar-refractivity contribution in [1.29, 1.82) is 0 Å². The number of nitrogens with zero attached hydrogens (tertiary/aromatic N) is 2. The van der Waals surface area contributed by atoms with Gasteiger partial charge in [0.2, 0.25) is 0 Å². The lowest BCUT2D eigenvalue weighted by Gasteiger charge is -2.61. The van der Waals surface area contributed by atoms with Gasteiger partial charge in [-0.05, 0) is 54.1 Å². The molecule has 2 aromatic heterocycles. The van der Waals surface area contributed by atoms with Gasteiger partial charge in [-0.3, -0.25) is 9.59 Å². The molecule has 2 heterocycles. The molecule has 51 heavy (non-hydrogen) atoms. The lowest BCUT2D eigenvalue weighted by Crippen LogP contribution is -2.63. The second-order valence-corrected chi connectivity index (χ2v) is 17.8. The first kappa shape index (κ1) is 35.8. The number of rotatable bonds is 9. The van der Waals surface area contributed by atoms with Crippen LogP contribution in [0.3, 0.4) is 0 Å². The Bertz CT molecular complexity index is 1890. The number of carbonyl (C=O) groups is 2. The molecule has 8 heteroatoms. The number of Topliss-reactive ketones (excluding diaryl/α,β-unsaturated/α-hetero) is 1. The fourth-order valence-corrected chi connectivity index (χ4v) is 11.3. The summed E-state index contributed by atoms with van der Waals surface area (Å²) in [5.41, 5.74) is 4.09. The Kier molecular flexibility index (Phi) is 9.89. The average Bonchev–Trinajstić information content (AvgIpc) is 3.77. The zero-order valence-electron chi connectivity index (χ0n) is 30.1. The van der Waals surface area contributed by atoms with Gasteiger partial charge < -0.3 is 9.84 Å². The molecular formula is C43H49N2O4S2+. The van der Waals surface area contributed by atoms with E-state index in [1.807, 2.05) is 24.4 Å². The van der Waals surface area contributed by atoms with Crippen LogP contribution in [0.2, 0.25) is 0 Å². The van der Waals surface area contributed by atoms with E-state index in [-0.39, 0.29) is 40.7 Å². The predicted molar refractivity (Wildman–Crippen MR) is 204 cm³/mol. The van der Waals surface area contributed by atoms with E-state index in [0.717, 1.165) is 41.4 Å². The van der Waals surface area contributed by atoms with Crippen LogP contribution in [0, 0.1) is 34.0 Å². The molecule has 6 nitrogen and oxygen atoms in total. The smallest absolute Gasteiger partial charge is 0.316 e. The molecule has 1 N–H and O–H groups in total. The monoisotopic (exact) mass is 721 g/mol. The molecule has 3 fully saturated rings. The Morgan fingerprint density at radius 2 is 1.75 bits per heavy atom. The first-order valence-corrected chi connectivity index (χ1v) is 20.1. The lowest BCUT2D eigenvalue weighted by molar-refractivity contribution is -0.688. The van der Waals surface area contributed by atoms with Crippen LogP contribution in [0.1, 0.15) is 65.4 Å².